The summed E-state index contributed by atoms with van der Waals surface area (Å²) in [4.78, 5) is 0. The number of fused-ring (bicyclic) bond motifs is 2. The summed E-state index contributed by atoms with van der Waals surface area (Å²) in [5, 5.41) is 13.7. The fourth-order valence-electron chi connectivity index (χ4n) is 3.04. The molecule has 0 bridgehead atoms. The molecule has 0 fully saturated rings. The van der Waals surface area contributed by atoms with E-state index >= 15 is 0 Å². The SMILES string of the molecule is CNCC/C=C1\c2ccccc2CC(O)c2ccccc21. The molecule has 0 saturated heterocycles. The molecule has 1 atom stereocenters. The molecule has 2 N–H and O–H groups in total. The van der Waals surface area contributed by atoms with Gasteiger partial charge in [0.2, 0.25) is 0 Å². The van der Waals surface area contributed by atoms with E-state index in [2.05, 4.69) is 35.7 Å². The smallest absolute Gasteiger partial charge is 0.0836 e. The average Bonchev–Trinajstić information content (AvgIpc) is 2.63. The first-order valence-electron chi connectivity index (χ1n) is 7.51. The van der Waals surface area contributed by atoms with Crippen molar-refractivity contribution in [3.8, 4) is 0 Å². The van der Waals surface area contributed by atoms with Crippen LogP contribution in [-0.4, -0.2) is 18.7 Å². The van der Waals surface area contributed by atoms with Crippen LogP contribution in [0.15, 0.2) is 54.6 Å². The Kier molecular flexibility index (Phi) is 4.18. The van der Waals surface area contributed by atoms with Crippen LogP contribution in [0.3, 0.4) is 0 Å². The van der Waals surface area contributed by atoms with Gasteiger partial charge >= 0.3 is 0 Å². The lowest BCUT2D eigenvalue weighted by atomic mass is 9.93. The molecular weight excluding hydrogens is 258 g/mol. The lowest BCUT2D eigenvalue weighted by Gasteiger charge is -2.13. The van der Waals surface area contributed by atoms with Crippen molar-refractivity contribution in [2.24, 2.45) is 0 Å². The normalized spacial score (nSPS) is 19.0. The van der Waals surface area contributed by atoms with Crippen LogP contribution in [0.4, 0.5) is 0 Å². The molecule has 0 aromatic heterocycles. The molecule has 3 rings (SSSR count). The molecule has 0 radical (unpaired) electrons. The van der Waals surface area contributed by atoms with Crippen LogP contribution in [0.5, 0.6) is 0 Å². The molecule has 1 aliphatic carbocycles. The summed E-state index contributed by atoms with van der Waals surface area (Å²) in [5.41, 5.74) is 5.90. The van der Waals surface area contributed by atoms with Crippen molar-refractivity contribution in [1.29, 1.82) is 0 Å². The van der Waals surface area contributed by atoms with Gasteiger partial charge in [-0.25, -0.2) is 0 Å². The molecule has 2 heteroatoms. The minimum atomic E-state index is -0.433. The van der Waals surface area contributed by atoms with Gasteiger partial charge in [0.1, 0.15) is 0 Å². The standard InChI is InChI=1S/C19H21NO/c1-20-12-6-11-16-15-8-3-2-7-14(15)13-19(21)18-10-5-4-9-17(16)18/h2-5,7-11,19-21H,6,12-13H2,1H3/b16-11+. The fourth-order valence-corrected chi connectivity index (χ4v) is 3.04. The van der Waals surface area contributed by atoms with E-state index in [4.69, 9.17) is 0 Å². The third kappa shape index (κ3) is 2.78. The zero-order chi connectivity index (χ0) is 14.7. The predicted molar refractivity (Wildman–Crippen MR) is 87.2 cm³/mol. The molecule has 0 amide bonds. The number of hydrogen-bond donors (Lipinski definition) is 2. The zero-order valence-electron chi connectivity index (χ0n) is 12.3. The molecule has 2 aromatic carbocycles. The molecule has 21 heavy (non-hydrogen) atoms. The first kappa shape index (κ1) is 14.1. The average molecular weight is 279 g/mol. The van der Waals surface area contributed by atoms with Crippen LogP contribution in [0.2, 0.25) is 0 Å². The van der Waals surface area contributed by atoms with E-state index < -0.39 is 6.10 Å². The Balaban J connectivity index is 2.16. The van der Waals surface area contributed by atoms with Crippen molar-refractivity contribution in [2.75, 3.05) is 13.6 Å². The van der Waals surface area contributed by atoms with Gasteiger partial charge in [0, 0.05) is 6.42 Å². The molecule has 0 heterocycles. The van der Waals surface area contributed by atoms with Gasteiger partial charge in [0.25, 0.3) is 0 Å². The first-order chi connectivity index (χ1) is 10.3. The highest BCUT2D eigenvalue weighted by molar-refractivity contribution is 5.84. The van der Waals surface area contributed by atoms with E-state index in [1.165, 1.54) is 16.7 Å². The highest BCUT2D eigenvalue weighted by Gasteiger charge is 2.22. The number of aliphatic hydroxyl groups excluding tert-OH is 1. The molecule has 2 aromatic rings. The van der Waals surface area contributed by atoms with Crippen LogP contribution in [0, 0.1) is 0 Å². The molecule has 1 aliphatic rings. The van der Waals surface area contributed by atoms with Gasteiger partial charge in [-0.05, 0) is 47.8 Å². The lowest BCUT2D eigenvalue weighted by molar-refractivity contribution is 0.179. The number of nitrogens with one attached hydrogen (secondary N) is 1. The molecule has 2 nitrogen and oxygen atoms in total. The quantitative estimate of drug-likeness (QED) is 0.845. The van der Waals surface area contributed by atoms with E-state index in [1.54, 1.807) is 0 Å². The summed E-state index contributed by atoms with van der Waals surface area (Å²) < 4.78 is 0. The maximum atomic E-state index is 10.5. The van der Waals surface area contributed by atoms with Gasteiger partial charge in [-0.15, -0.1) is 0 Å². The number of hydrogen-bond acceptors (Lipinski definition) is 2. The molecular formula is C19H21NO. The van der Waals surface area contributed by atoms with E-state index in [-0.39, 0.29) is 0 Å². The van der Waals surface area contributed by atoms with Crippen LogP contribution in [0.1, 0.15) is 34.8 Å². The second kappa shape index (κ2) is 6.25. The van der Waals surface area contributed by atoms with Gasteiger partial charge in [0.05, 0.1) is 6.10 Å². The Morgan fingerprint density at radius 1 is 1.10 bits per heavy atom. The van der Waals surface area contributed by atoms with Crippen molar-refractivity contribution in [3.63, 3.8) is 0 Å². The zero-order valence-corrected chi connectivity index (χ0v) is 12.3. The Morgan fingerprint density at radius 3 is 2.62 bits per heavy atom. The molecule has 108 valence electrons. The van der Waals surface area contributed by atoms with Gasteiger partial charge in [0.15, 0.2) is 0 Å². The Labute approximate surface area is 126 Å². The highest BCUT2D eigenvalue weighted by atomic mass is 16.3. The topological polar surface area (TPSA) is 32.3 Å². The van der Waals surface area contributed by atoms with Crippen LogP contribution in [-0.2, 0) is 6.42 Å². The number of benzene rings is 2. The van der Waals surface area contributed by atoms with Crippen molar-refractivity contribution in [2.45, 2.75) is 18.9 Å². The Bertz CT molecular complexity index is 660. The third-order valence-electron chi connectivity index (χ3n) is 4.07. The summed E-state index contributed by atoms with van der Waals surface area (Å²) in [6.45, 7) is 0.955. The summed E-state index contributed by atoms with van der Waals surface area (Å²) in [6.07, 6.45) is 3.51. The fraction of sp³-hybridized carbons (Fsp3) is 0.263. The molecule has 1 unspecified atom stereocenters. The van der Waals surface area contributed by atoms with Crippen LogP contribution < -0.4 is 5.32 Å². The van der Waals surface area contributed by atoms with E-state index in [1.807, 2.05) is 31.3 Å². The van der Waals surface area contributed by atoms with Crippen LogP contribution >= 0.6 is 0 Å². The number of aliphatic hydroxyl groups is 1. The van der Waals surface area contributed by atoms with Gasteiger partial charge in [-0.3, -0.25) is 0 Å². The van der Waals surface area contributed by atoms with E-state index in [9.17, 15) is 5.11 Å². The van der Waals surface area contributed by atoms with Gasteiger partial charge < -0.3 is 10.4 Å². The minimum absolute atomic E-state index is 0.433. The van der Waals surface area contributed by atoms with Crippen molar-refractivity contribution in [3.05, 3.63) is 76.9 Å². The number of rotatable bonds is 3. The summed E-state index contributed by atoms with van der Waals surface area (Å²) in [7, 11) is 1.97. The maximum Gasteiger partial charge on any atom is 0.0836 e. The van der Waals surface area contributed by atoms with Crippen molar-refractivity contribution < 1.29 is 5.11 Å². The minimum Gasteiger partial charge on any atom is -0.388 e. The lowest BCUT2D eigenvalue weighted by Crippen LogP contribution is -2.06. The van der Waals surface area contributed by atoms with Crippen molar-refractivity contribution in [1.82, 2.24) is 5.32 Å². The van der Waals surface area contributed by atoms with Gasteiger partial charge in [-0.2, -0.15) is 0 Å². The van der Waals surface area contributed by atoms with Gasteiger partial charge in [-0.1, -0.05) is 54.6 Å². The summed E-state index contributed by atoms with van der Waals surface area (Å²) >= 11 is 0. The monoisotopic (exact) mass is 279 g/mol. The van der Waals surface area contributed by atoms with Crippen LogP contribution in [0.25, 0.3) is 5.57 Å². The maximum absolute atomic E-state index is 10.5. The Morgan fingerprint density at radius 2 is 1.81 bits per heavy atom. The highest BCUT2D eigenvalue weighted by Crippen LogP contribution is 2.37. The Hall–Kier alpha value is -1.90. The molecule has 0 spiro atoms. The first-order valence-corrected chi connectivity index (χ1v) is 7.51. The largest absolute Gasteiger partial charge is 0.388 e. The summed E-state index contributed by atoms with van der Waals surface area (Å²) in [5.74, 6) is 0. The third-order valence-corrected chi connectivity index (χ3v) is 4.07. The second-order valence-corrected chi connectivity index (χ2v) is 5.47. The summed E-state index contributed by atoms with van der Waals surface area (Å²) in [6, 6.07) is 16.6. The molecule has 0 aliphatic heterocycles. The second-order valence-electron chi connectivity index (χ2n) is 5.47. The predicted octanol–water partition coefficient (Wildman–Crippen LogP) is 3.32. The van der Waals surface area contributed by atoms with E-state index in [0.717, 1.165) is 24.1 Å². The van der Waals surface area contributed by atoms with Crippen molar-refractivity contribution >= 4 is 5.57 Å². The van der Waals surface area contributed by atoms with E-state index in [0.29, 0.717) is 6.42 Å². The molecule has 0 saturated carbocycles.